The van der Waals surface area contributed by atoms with Gasteiger partial charge in [-0.15, -0.1) is 0 Å². The monoisotopic (exact) mass is 408 g/mol. The van der Waals surface area contributed by atoms with Crippen LogP contribution in [0.2, 0.25) is 0 Å². The summed E-state index contributed by atoms with van der Waals surface area (Å²) in [5.41, 5.74) is 5.50. The fraction of sp³-hybridized carbons (Fsp3) is 1.00. The Morgan fingerprint density at radius 3 is 1.80 bits per heavy atom. The molecule has 7 saturated carbocycles. The van der Waals surface area contributed by atoms with Gasteiger partial charge in [-0.1, -0.05) is 68.7 Å². The lowest BCUT2D eigenvalue weighted by Crippen LogP contribution is -2.62. The largest absolute Gasteiger partial charge is 0.0614 e. The van der Waals surface area contributed by atoms with Crippen LogP contribution in [0.15, 0.2) is 0 Å². The van der Waals surface area contributed by atoms with Crippen molar-refractivity contribution in [1.82, 2.24) is 0 Å². The van der Waals surface area contributed by atoms with Gasteiger partial charge in [-0.05, 0) is 118 Å². The Hall–Kier alpha value is 0. The highest BCUT2D eigenvalue weighted by molar-refractivity contribution is 5.44. The summed E-state index contributed by atoms with van der Waals surface area (Å²) in [7, 11) is 0. The third kappa shape index (κ3) is 1.27. The molecule has 11 atom stereocenters. The van der Waals surface area contributed by atoms with Gasteiger partial charge in [0.25, 0.3) is 0 Å². The molecule has 2 spiro atoms. The maximum absolute atomic E-state index is 2.87. The summed E-state index contributed by atoms with van der Waals surface area (Å²) < 4.78 is 0. The number of hydrogen-bond donors (Lipinski definition) is 0. The smallest absolute Gasteiger partial charge is 0.0116 e. The molecule has 0 aromatic rings. The van der Waals surface area contributed by atoms with Gasteiger partial charge >= 0.3 is 0 Å². The number of hydrogen-bond acceptors (Lipinski definition) is 0. The summed E-state index contributed by atoms with van der Waals surface area (Å²) in [6.45, 7) is 25.2. The standard InChI is InChI=1S/C30H48/c1-20-24(5)16-21(2)13-14-22(3)15-23(4)17-25(20,6)28(9)18-27(24,8)26(21,7)11-10-12-29(22)19-30(23,28)29/h20H,10-19H2,1-9H3. The topological polar surface area (TPSA) is 0 Å². The molecule has 168 valence electrons. The SMILES string of the molecule is CC1C2(C)CC3(C)CCC4(C)CC5(C)CC1(C)C1(C)CC2(C)C3(C)CCCC42CC512. The van der Waals surface area contributed by atoms with Gasteiger partial charge in [0.05, 0.1) is 0 Å². The van der Waals surface area contributed by atoms with Gasteiger partial charge in [0, 0.05) is 0 Å². The van der Waals surface area contributed by atoms with E-state index in [9.17, 15) is 0 Å². The van der Waals surface area contributed by atoms with Gasteiger partial charge < -0.3 is 0 Å². The van der Waals surface area contributed by atoms with E-state index in [1.165, 1.54) is 51.4 Å². The molecule has 0 aromatic carbocycles. The molecule has 0 aliphatic heterocycles. The van der Waals surface area contributed by atoms with Crippen LogP contribution in [-0.4, -0.2) is 0 Å². The fourth-order valence-corrected chi connectivity index (χ4v) is 15.3. The van der Waals surface area contributed by atoms with E-state index in [0.717, 1.165) is 5.92 Å². The Bertz CT molecular complexity index is 904. The van der Waals surface area contributed by atoms with Crippen LogP contribution < -0.4 is 0 Å². The Morgan fingerprint density at radius 2 is 1.10 bits per heavy atom. The lowest BCUT2D eigenvalue weighted by atomic mass is 9.36. The van der Waals surface area contributed by atoms with Crippen molar-refractivity contribution >= 4 is 0 Å². The molecule has 0 aromatic heterocycles. The molecule has 0 N–H and O–H groups in total. The minimum Gasteiger partial charge on any atom is -0.0614 e. The molecule has 11 unspecified atom stereocenters. The molecular formula is C30H48. The van der Waals surface area contributed by atoms with Crippen LogP contribution in [0.5, 0.6) is 0 Å². The molecule has 0 amide bonds. The maximum Gasteiger partial charge on any atom is -0.0116 e. The lowest BCUT2D eigenvalue weighted by molar-refractivity contribution is -0.205. The molecule has 0 saturated heterocycles. The molecular weight excluding hydrogens is 360 g/mol. The Labute approximate surface area is 186 Å². The van der Waals surface area contributed by atoms with Gasteiger partial charge in [0.1, 0.15) is 0 Å². The fourth-order valence-electron chi connectivity index (χ4n) is 15.3. The van der Waals surface area contributed by atoms with Gasteiger partial charge in [0.2, 0.25) is 0 Å². The number of rotatable bonds is 0. The Kier molecular flexibility index (Phi) is 2.77. The van der Waals surface area contributed by atoms with Crippen molar-refractivity contribution in [2.75, 3.05) is 0 Å². The third-order valence-corrected chi connectivity index (χ3v) is 16.9. The first-order valence-corrected chi connectivity index (χ1v) is 13.6. The van der Waals surface area contributed by atoms with E-state index in [4.69, 9.17) is 0 Å². The predicted molar refractivity (Wildman–Crippen MR) is 125 cm³/mol. The number of fused-ring (bicyclic) bond motifs is 2. The predicted octanol–water partition coefficient (Wildman–Crippen LogP) is 8.64. The summed E-state index contributed by atoms with van der Waals surface area (Å²) in [6, 6.07) is 0. The highest BCUT2D eigenvalue weighted by Gasteiger charge is 2.96. The van der Waals surface area contributed by atoms with Gasteiger partial charge in [-0.25, -0.2) is 0 Å². The molecule has 0 radical (unpaired) electrons. The van der Waals surface area contributed by atoms with E-state index in [1.807, 2.05) is 0 Å². The normalized spacial score (nSPS) is 76.5. The van der Waals surface area contributed by atoms with Gasteiger partial charge in [-0.2, -0.15) is 0 Å². The molecule has 7 fully saturated rings. The average Bonchev–Trinajstić information content (AvgIpc) is 3.24. The van der Waals surface area contributed by atoms with E-state index in [-0.39, 0.29) is 0 Å². The van der Waals surface area contributed by atoms with E-state index >= 15 is 0 Å². The maximum atomic E-state index is 2.87. The summed E-state index contributed by atoms with van der Waals surface area (Å²) in [4.78, 5) is 0. The Balaban J connectivity index is 1.65. The van der Waals surface area contributed by atoms with Crippen LogP contribution in [0, 0.1) is 60.1 Å². The zero-order chi connectivity index (χ0) is 21.6. The second-order valence-corrected chi connectivity index (χ2v) is 16.5. The van der Waals surface area contributed by atoms with Crippen LogP contribution in [0.3, 0.4) is 0 Å². The zero-order valence-corrected chi connectivity index (χ0v) is 21.6. The van der Waals surface area contributed by atoms with Crippen molar-refractivity contribution in [3.63, 3.8) is 0 Å². The van der Waals surface area contributed by atoms with Crippen molar-refractivity contribution in [3.8, 4) is 0 Å². The molecule has 4 bridgehead atoms. The minimum absolute atomic E-state index is 0.484. The zero-order valence-electron chi connectivity index (χ0n) is 21.6. The van der Waals surface area contributed by atoms with E-state index < -0.39 is 0 Å². The Morgan fingerprint density at radius 1 is 0.500 bits per heavy atom. The van der Waals surface area contributed by atoms with Crippen LogP contribution in [0.25, 0.3) is 0 Å². The molecule has 0 nitrogen and oxygen atoms in total. The van der Waals surface area contributed by atoms with Crippen LogP contribution in [0.4, 0.5) is 0 Å². The summed E-state index contributed by atoms with van der Waals surface area (Å²) >= 11 is 0. The van der Waals surface area contributed by atoms with Gasteiger partial charge in [0.15, 0.2) is 0 Å². The average molecular weight is 409 g/mol. The highest BCUT2D eigenvalue weighted by atomic mass is 15.0. The minimum atomic E-state index is 0.484. The van der Waals surface area contributed by atoms with Crippen LogP contribution in [-0.2, 0) is 0 Å². The first-order chi connectivity index (χ1) is 13.6. The van der Waals surface area contributed by atoms with Crippen molar-refractivity contribution < 1.29 is 0 Å². The van der Waals surface area contributed by atoms with Crippen molar-refractivity contribution in [1.29, 1.82) is 0 Å². The summed E-state index contributed by atoms with van der Waals surface area (Å²) in [5, 5.41) is 0. The summed E-state index contributed by atoms with van der Waals surface area (Å²) in [6.07, 6.45) is 15.2. The quantitative estimate of drug-likeness (QED) is 0.376. The van der Waals surface area contributed by atoms with Crippen molar-refractivity contribution in [3.05, 3.63) is 0 Å². The molecule has 30 heavy (non-hydrogen) atoms. The lowest BCUT2D eigenvalue weighted by Gasteiger charge is -2.68. The van der Waals surface area contributed by atoms with Crippen LogP contribution >= 0.6 is 0 Å². The second kappa shape index (κ2) is 4.27. The van der Waals surface area contributed by atoms with Crippen LogP contribution in [0.1, 0.15) is 127 Å². The molecule has 0 heteroatoms. The third-order valence-electron chi connectivity index (χ3n) is 16.9. The van der Waals surface area contributed by atoms with E-state index in [1.54, 1.807) is 12.8 Å². The molecule has 7 rings (SSSR count). The van der Waals surface area contributed by atoms with Gasteiger partial charge in [-0.3, -0.25) is 0 Å². The van der Waals surface area contributed by atoms with Crippen molar-refractivity contribution in [2.24, 2.45) is 60.1 Å². The molecule has 0 heterocycles. The highest BCUT2D eigenvalue weighted by Crippen LogP contribution is 3.03. The molecule has 7 aliphatic carbocycles. The first-order valence-electron chi connectivity index (χ1n) is 13.6. The van der Waals surface area contributed by atoms with Crippen molar-refractivity contribution in [2.45, 2.75) is 127 Å². The summed E-state index contributed by atoms with van der Waals surface area (Å²) in [5.74, 6) is 0.840. The van der Waals surface area contributed by atoms with E-state index in [2.05, 4.69) is 62.3 Å². The first kappa shape index (κ1) is 19.5. The second-order valence-electron chi connectivity index (χ2n) is 16.5. The van der Waals surface area contributed by atoms with E-state index in [0.29, 0.717) is 54.1 Å². The molecule has 7 aliphatic rings.